The lowest BCUT2D eigenvalue weighted by molar-refractivity contribution is 0.0336. The second-order valence-corrected chi connectivity index (χ2v) is 4.50. The van der Waals surface area contributed by atoms with Crippen LogP contribution in [0, 0.1) is 12.8 Å². The number of rotatable bonds is 5. The van der Waals surface area contributed by atoms with Crippen LogP contribution in [0.4, 0.5) is 0 Å². The van der Waals surface area contributed by atoms with Crippen molar-refractivity contribution in [3.63, 3.8) is 0 Å². The molecule has 88 valence electrons. The average molecular weight is 220 g/mol. The molecule has 1 aromatic carbocycles. The minimum absolute atomic E-state index is 0.0607. The fraction of sp³-hybridized carbons (Fsp3) is 0.500. The van der Waals surface area contributed by atoms with E-state index in [1.165, 1.54) is 0 Å². The van der Waals surface area contributed by atoms with E-state index >= 15 is 0 Å². The van der Waals surface area contributed by atoms with Crippen molar-refractivity contribution in [2.45, 2.75) is 33.8 Å². The third-order valence-corrected chi connectivity index (χ3v) is 2.86. The highest BCUT2D eigenvalue weighted by Crippen LogP contribution is 2.10. The normalized spacial score (nSPS) is 12.8. The predicted octanol–water partition coefficient (Wildman–Crippen LogP) is 3.24. The third kappa shape index (κ3) is 3.46. The number of carbonyl (C=O) groups excluding carboxylic acids is 1. The molecule has 0 heterocycles. The Balaban J connectivity index is 2.57. The first kappa shape index (κ1) is 12.9. The second kappa shape index (κ2) is 5.80. The summed E-state index contributed by atoms with van der Waals surface area (Å²) >= 11 is 0. The van der Waals surface area contributed by atoms with Crippen molar-refractivity contribution in [2.24, 2.45) is 5.92 Å². The van der Waals surface area contributed by atoms with Crippen molar-refractivity contribution in [1.29, 1.82) is 0 Å². The molecule has 0 radical (unpaired) electrons. The molecule has 1 aromatic rings. The maximum Gasteiger partial charge on any atom is 0.188 e. The van der Waals surface area contributed by atoms with Gasteiger partial charge in [-0.1, -0.05) is 38.1 Å². The monoisotopic (exact) mass is 220 g/mol. The zero-order valence-electron chi connectivity index (χ0n) is 10.5. The van der Waals surface area contributed by atoms with E-state index in [2.05, 4.69) is 13.8 Å². The lowest BCUT2D eigenvalue weighted by Gasteiger charge is -2.16. The fourth-order valence-corrected chi connectivity index (χ4v) is 1.36. The molecule has 0 aromatic heterocycles. The van der Waals surface area contributed by atoms with E-state index in [0.29, 0.717) is 5.92 Å². The Morgan fingerprint density at radius 3 is 2.44 bits per heavy atom. The predicted molar refractivity (Wildman–Crippen MR) is 65.8 cm³/mol. The zero-order valence-corrected chi connectivity index (χ0v) is 10.5. The SMILES string of the molecule is Cc1ccccc1C(=O)COC(C)C(C)C. The molecule has 0 aliphatic rings. The Labute approximate surface area is 97.6 Å². The first-order chi connectivity index (χ1) is 7.52. The molecular weight excluding hydrogens is 200 g/mol. The molecule has 0 bridgehead atoms. The van der Waals surface area contributed by atoms with Gasteiger partial charge in [0, 0.05) is 5.56 Å². The molecular formula is C14H20O2. The molecule has 16 heavy (non-hydrogen) atoms. The van der Waals surface area contributed by atoms with Crippen LogP contribution in [0.25, 0.3) is 0 Å². The van der Waals surface area contributed by atoms with Crippen LogP contribution < -0.4 is 0 Å². The molecule has 0 aliphatic heterocycles. The molecule has 0 N–H and O–H groups in total. The van der Waals surface area contributed by atoms with Gasteiger partial charge in [0.25, 0.3) is 0 Å². The zero-order chi connectivity index (χ0) is 12.1. The molecule has 0 spiro atoms. The van der Waals surface area contributed by atoms with Crippen LogP contribution in [0.15, 0.2) is 24.3 Å². The minimum Gasteiger partial charge on any atom is -0.370 e. The molecule has 0 saturated carbocycles. The average Bonchev–Trinajstić information content (AvgIpc) is 2.25. The quantitative estimate of drug-likeness (QED) is 0.712. The number of ketones is 1. The van der Waals surface area contributed by atoms with E-state index in [0.717, 1.165) is 11.1 Å². The van der Waals surface area contributed by atoms with Crippen LogP contribution in [-0.4, -0.2) is 18.5 Å². The molecule has 2 heteroatoms. The molecule has 0 fully saturated rings. The van der Waals surface area contributed by atoms with Gasteiger partial charge < -0.3 is 4.74 Å². The minimum atomic E-state index is 0.0607. The van der Waals surface area contributed by atoms with Gasteiger partial charge in [0.15, 0.2) is 5.78 Å². The maximum atomic E-state index is 11.9. The molecule has 1 rings (SSSR count). The van der Waals surface area contributed by atoms with Crippen molar-refractivity contribution in [3.8, 4) is 0 Å². The Bertz CT molecular complexity index is 356. The van der Waals surface area contributed by atoms with Crippen LogP contribution >= 0.6 is 0 Å². The van der Waals surface area contributed by atoms with E-state index in [-0.39, 0.29) is 18.5 Å². The number of benzene rings is 1. The Hall–Kier alpha value is -1.15. The third-order valence-electron chi connectivity index (χ3n) is 2.86. The van der Waals surface area contributed by atoms with Crippen molar-refractivity contribution >= 4 is 5.78 Å². The number of hydrogen-bond donors (Lipinski definition) is 0. The van der Waals surface area contributed by atoms with Crippen LogP contribution in [-0.2, 0) is 4.74 Å². The Kier molecular flexibility index (Phi) is 4.69. The molecule has 1 atom stereocenters. The van der Waals surface area contributed by atoms with Crippen molar-refractivity contribution in [3.05, 3.63) is 35.4 Å². The first-order valence-corrected chi connectivity index (χ1v) is 5.72. The lowest BCUT2D eigenvalue weighted by atomic mass is 10.1. The lowest BCUT2D eigenvalue weighted by Crippen LogP contribution is -2.20. The summed E-state index contributed by atoms with van der Waals surface area (Å²) in [6.45, 7) is 8.28. The summed E-state index contributed by atoms with van der Waals surface area (Å²) in [5, 5.41) is 0. The van der Waals surface area contributed by atoms with Gasteiger partial charge in [0.05, 0.1) is 6.10 Å². The van der Waals surface area contributed by atoms with Crippen LogP contribution in [0.5, 0.6) is 0 Å². The summed E-state index contributed by atoms with van der Waals surface area (Å²) in [4.78, 5) is 11.9. The van der Waals surface area contributed by atoms with Gasteiger partial charge in [-0.25, -0.2) is 0 Å². The molecule has 2 nitrogen and oxygen atoms in total. The summed E-state index contributed by atoms with van der Waals surface area (Å²) < 4.78 is 5.53. The van der Waals surface area contributed by atoms with Crippen molar-refractivity contribution in [2.75, 3.05) is 6.61 Å². The van der Waals surface area contributed by atoms with Gasteiger partial charge in [-0.2, -0.15) is 0 Å². The number of hydrogen-bond acceptors (Lipinski definition) is 2. The summed E-state index contributed by atoms with van der Waals surface area (Å²) in [5.74, 6) is 0.496. The highest BCUT2D eigenvalue weighted by molar-refractivity contribution is 5.98. The molecule has 1 unspecified atom stereocenters. The van der Waals surface area contributed by atoms with Crippen molar-refractivity contribution < 1.29 is 9.53 Å². The summed E-state index contributed by atoms with van der Waals surface area (Å²) in [7, 11) is 0. The van der Waals surface area contributed by atoms with Gasteiger partial charge in [-0.05, 0) is 25.3 Å². The number of ether oxygens (including phenoxy) is 1. The fourth-order valence-electron chi connectivity index (χ4n) is 1.36. The standard InChI is InChI=1S/C14H20O2/c1-10(2)12(4)16-9-14(15)13-8-6-5-7-11(13)3/h5-8,10,12H,9H2,1-4H3. The van der Waals surface area contributed by atoms with Crippen LogP contribution in [0.3, 0.4) is 0 Å². The number of carbonyl (C=O) groups is 1. The van der Waals surface area contributed by atoms with Gasteiger partial charge in [-0.3, -0.25) is 4.79 Å². The summed E-state index contributed by atoms with van der Waals surface area (Å²) in [6, 6.07) is 7.61. The molecule has 0 saturated heterocycles. The van der Waals surface area contributed by atoms with Gasteiger partial charge in [0.1, 0.15) is 6.61 Å². The largest absolute Gasteiger partial charge is 0.370 e. The molecule has 0 amide bonds. The van der Waals surface area contributed by atoms with E-state index < -0.39 is 0 Å². The van der Waals surface area contributed by atoms with Crippen molar-refractivity contribution in [1.82, 2.24) is 0 Å². The molecule has 0 aliphatic carbocycles. The Morgan fingerprint density at radius 1 is 1.25 bits per heavy atom. The van der Waals surface area contributed by atoms with E-state index in [4.69, 9.17) is 4.74 Å². The smallest absolute Gasteiger partial charge is 0.188 e. The summed E-state index contributed by atoms with van der Waals surface area (Å²) in [6.07, 6.45) is 0.118. The number of Topliss-reactive ketones (excluding diaryl/α,β-unsaturated/α-hetero) is 1. The van der Waals surface area contributed by atoms with Gasteiger partial charge in [0.2, 0.25) is 0 Å². The highest BCUT2D eigenvalue weighted by atomic mass is 16.5. The van der Waals surface area contributed by atoms with Crippen LogP contribution in [0.2, 0.25) is 0 Å². The van der Waals surface area contributed by atoms with Gasteiger partial charge in [-0.15, -0.1) is 0 Å². The Morgan fingerprint density at radius 2 is 1.88 bits per heavy atom. The van der Waals surface area contributed by atoms with E-state index in [1.54, 1.807) is 0 Å². The number of aryl methyl sites for hydroxylation is 1. The topological polar surface area (TPSA) is 26.3 Å². The first-order valence-electron chi connectivity index (χ1n) is 5.72. The highest BCUT2D eigenvalue weighted by Gasteiger charge is 2.12. The van der Waals surface area contributed by atoms with E-state index in [9.17, 15) is 4.79 Å². The van der Waals surface area contributed by atoms with E-state index in [1.807, 2.05) is 38.1 Å². The van der Waals surface area contributed by atoms with Crippen LogP contribution in [0.1, 0.15) is 36.7 Å². The maximum absolute atomic E-state index is 11.9. The summed E-state index contributed by atoms with van der Waals surface area (Å²) in [5.41, 5.74) is 1.77. The van der Waals surface area contributed by atoms with Gasteiger partial charge >= 0.3 is 0 Å². The second-order valence-electron chi connectivity index (χ2n) is 4.50.